The van der Waals surface area contributed by atoms with E-state index in [1.54, 1.807) is 11.3 Å². The van der Waals surface area contributed by atoms with E-state index in [1.165, 1.54) is 18.1 Å². The zero-order valence-corrected chi connectivity index (χ0v) is 12.2. The Kier molecular flexibility index (Phi) is 3.19. The molecule has 0 fully saturated rings. The molecule has 0 bridgehead atoms. The number of benzene rings is 1. The van der Waals surface area contributed by atoms with Crippen LogP contribution in [0.2, 0.25) is 0 Å². The van der Waals surface area contributed by atoms with Crippen LogP contribution in [0, 0.1) is 0 Å². The van der Waals surface area contributed by atoms with Crippen molar-refractivity contribution in [3.05, 3.63) is 35.1 Å². The summed E-state index contributed by atoms with van der Waals surface area (Å²) in [4.78, 5) is 12.6. The second-order valence-electron chi connectivity index (χ2n) is 3.43. The highest BCUT2D eigenvalue weighted by molar-refractivity contribution is 9.10. The Labute approximate surface area is 120 Å². The van der Waals surface area contributed by atoms with Gasteiger partial charge < -0.3 is 5.73 Å². The molecule has 0 atom stereocenters. The second kappa shape index (κ2) is 4.83. The second-order valence-corrected chi connectivity index (χ2v) is 6.49. The van der Waals surface area contributed by atoms with Gasteiger partial charge in [-0.2, -0.15) is 0 Å². The number of halogens is 1. The highest BCUT2D eigenvalue weighted by Crippen LogP contribution is 2.37. The molecule has 3 aromatic rings. The van der Waals surface area contributed by atoms with Gasteiger partial charge in [-0.15, -0.1) is 11.3 Å². The molecule has 0 unspecified atom stereocenters. The maximum atomic E-state index is 5.72. The van der Waals surface area contributed by atoms with Gasteiger partial charge in [-0.3, -0.25) is 0 Å². The molecule has 1 aromatic carbocycles. The quantitative estimate of drug-likeness (QED) is 0.723. The van der Waals surface area contributed by atoms with Crippen molar-refractivity contribution >= 4 is 55.1 Å². The van der Waals surface area contributed by atoms with Crippen molar-refractivity contribution in [1.29, 1.82) is 0 Å². The standard InChI is InChI=1S/C11H7BrN4S2/c12-8-9(13)14-5-15-10(8)18-11-16-6-3-1-2-4-7(6)17-11/h1-5H,(H2,13,14,15). The third-order valence-electron chi connectivity index (χ3n) is 2.24. The van der Waals surface area contributed by atoms with Crippen molar-refractivity contribution < 1.29 is 0 Å². The number of hydrogen-bond acceptors (Lipinski definition) is 6. The summed E-state index contributed by atoms with van der Waals surface area (Å²) in [5.74, 6) is 0.439. The third-order valence-corrected chi connectivity index (χ3v) is 5.39. The van der Waals surface area contributed by atoms with Crippen LogP contribution in [0.25, 0.3) is 10.2 Å². The smallest absolute Gasteiger partial charge is 0.157 e. The molecule has 0 radical (unpaired) electrons. The summed E-state index contributed by atoms with van der Waals surface area (Å²) in [7, 11) is 0. The highest BCUT2D eigenvalue weighted by Gasteiger charge is 2.11. The normalized spacial score (nSPS) is 10.9. The number of para-hydroxylation sites is 1. The Morgan fingerprint density at radius 2 is 2.06 bits per heavy atom. The fourth-order valence-electron chi connectivity index (χ4n) is 1.41. The van der Waals surface area contributed by atoms with Crippen LogP contribution >= 0.6 is 39.0 Å². The topological polar surface area (TPSA) is 64.7 Å². The molecule has 0 saturated heterocycles. The van der Waals surface area contributed by atoms with Gasteiger partial charge in [0, 0.05) is 0 Å². The van der Waals surface area contributed by atoms with Gasteiger partial charge in [0.15, 0.2) is 4.34 Å². The highest BCUT2D eigenvalue weighted by atomic mass is 79.9. The van der Waals surface area contributed by atoms with E-state index in [1.807, 2.05) is 18.2 Å². The number of thiazole rings is 1. The Morgan fingerprint density at radius 1 is 1.22 bits per heavy atom. The zero-order chi connectivity index (χ0) is 12.5. The first-order chi connectivity index (χ1) is 8.74. The molecule has 18 heavy (non-hydrogen) atoms. The third kappa shape index (κ3) is 2.21. The molecule has 7 heteroatoms. The lowest BCUT2D eigenvalue weighted by Gasteiger charge is -2.01. The summed E-state index contributed by atoms with van der Waals surface area (Å²) in [6.45, 7) is 0. The number of nitrogen functional groups attached to an aromatic ring is 1. The molecular weight excluding hydrogens is 332 g/mol. The van der Waals surface area contributed by atoms with Gasteiger partial charge in [0.2, 0.25) is 0 Å². The Bertz CT molecular complexity index is 680. The molecular formula is C11H7BrN4S2. The van der Waals surface area contributed by atoms with Crippen LogP contribution in [-0.4, -0.2) is 15.0 Å². The van der Waals surface area contributed by atoms with Crippen molar-refractivity contribution in [2.45, 2.75) is 9.37 Å². The molecule has 2 N–H and O–H groups in total. The Morgan fingerprint density at radius 3 is 2.89 bits per heavy atom. The molecule has 2 aromatic heterocycles. The fourth-order valence-corrected chi connectivity index (χ4v) is 3.84. The van der Waals surface area contributed by atoms with Crippen molar-refractivity contribution in [3.63, 3.8) is 0 Å². The molecule has 0 saturated carbocycles. The monoisotopic (exact) mass is 338 g/mol. The summed E-state index contributed by atoms with van der Waals surface area (Å²) in [5, 5.41) is 0.779. The zero-order valence-electron chi connectivity index (χ0n) is 9.00. The van der Waals surface area contributed by atoms with Gasteiger partial charge in [-0.1, -0.05) is 12.1 Å². The van der Waals surface area contributed by atoms with Gasteiger partial charge in [-0.05, 0) is 39.8 Å². The summed E-state index contributed by atoms with van der Waals surface area (Å²) >= 11 is 6.51. The average Bonchev–Trinajstić information content (AvgIpc) is 2.77. The van der Waals surface area contributed by atoms with Crippen LogP contribution in [0.3, 0.4) is 0 Å². The predicted octanol–water partition coefficient (Wildman–Crippen LogP) is 3.58. The van der Waals surface area contributed by atoms with Crippen LogP contribution in [-0.2, 0) is 0 Å². The molecule has 0 aliphatic rings. The fraction of sp³-hybridized carbons (Fsp3) is 0. The molecule has 4 nitrogen and oxygen atoms in total. The van der Waals surface area contributed by atoms with E-state index in [2.05, 4.69) is 36.9 Å². The summed E-state index contributed by atoms with van der Waals surface area (Å²) in [6, 6.07) is 8.04. The van der Waals surface area contributed by atoms with E-state index in [4.69, 9.17) is 5.73 Å². The van der Waals surface area contributed by atoms with Gasteiger partial charge in [0.1, 0.15) is 17.2 Å². The largest absolute Gasteiger partial charge is 0.383 e. The van der Waals surface area contributed by atoms with E-state index in [9.17, 15) is 0 Å². The van der Waals surface area contributed by atoms with Crippen molar-refractivity contribution in [2.24, 2.45) is 0 Å². The first kappa shape index (κ1) is 11.9. The van der Waals surface area contributed by atoms with E-state index in [-0.39, 0.29) is 0 Å². The lowest BCUT2D eigenvalue weighted by molar-refractivity contribution is 1.03. The summed E-state index contributed by atoms with van der Waals surface area (Å²) in [5.41, 5.74) is 6.72. The van der Waals surface area contributed by atoms with Crippen LogP contribution in [0.4, 0.5) is 5.82 Å². The SMILES string of the molecule is Nc1ncnc(Sc2nc3ccccc3s2)c1Br. The molecule has 0 aliphatic carbocycles. The van der Waals surface area contributed by atoms with E-state index >= 15 is 0 Å². The van der Waals surface area contributed by atoms with Gasteiger partial charge >= 0.3 is 0 Å². The molecule has 2 heterocycles. The number of nitrogens with two attached hydrogens (primary N) is 1. The van der Waals surface area contributed by atoms with E-state index in [0.717, 1.165) is 19.6 Å². The number of rotatable bonds is 2. The van der Waals surface area contributed by atoms with E-state index in [0.29, 0.717) is 10.3 Å². The first-order valence-electron chi connectivity index (χ1n) is 5.03. The lowest BCUT2D eigenvalue weighted by Crippen LogP contribution is -1.94. The maximum absolute atomic E-state index is 5.72. The number of hydrogen-bond donors (Lipinski definition) is 1. The molecule has 0 amide bonds. The number of nitrogens with zero attached hydrogens (tertiary/aromatic N) is 3. The summed E-state index contributed by atoms with van der Waals surface area (Å²) in [6.07, 6.45) is 1.45. The molecule has 0 spiro atoms. The van der Waals surface area contributed by atoms with Gasteiger partial charge in [0.25, 0.3) is 0 Å². The summed E-state index contributed by atoms with van der Waals surface area (Å²) < 4.78 is 2.82. The van der Waals surface area contributed by atoms with Gasteiger partial charge in [0.05, 0.1) is 14.7 Å². The van der Waals surface area contributed by atoms with E-state index < -0.39 is 0 Å². The minimum atomic E-state index is 0.439. The minimum Gasteiger partial charge on any atom is -0.383 e. The molecule has 90 valence electrons. The predicted molar refractivity (Wildman–Crippen MR) is 77.9 cm³/mol. The Balaban J connectivity index is 1.99. The molecule has 3 rings (SSSR count). The minimum absolute atomic E-state index is 0.439. The average molecular weight is 339 g/mol. The van der Waals surface area contributed by atoms with Crippen LogP contribution in [0.5, 0.6) is 0 Å². The van der Waals surface area contributed by atoms with Gasteiger partial charge in [-0.25, -0.2) is 15.0 Å². The first-order valence-corrected chi connectivity index (χ1v) is 7.46. The number of aromatic nitrogens is 3. The van der Waals surface area contributed by atoms with Crippen molar-refractivity contribution in [1.82, 2.24) is 15.0 Å². The van der Waals surface area contributed by atoms with Crippen LogP contribution < -0.4 is 5.73 Å². The molecule has 0 aliphatic heterocycles. The van der Waals surface area contributed by atoms with Crippen molar-refractivity contribution in [3.8, 4) is 0 Å². The van der Waals surface area contributed by atoms with Crippen LogP contribution in [0.1, 0.15) is 0 Å². The lowest BCUT2D eigenvalue weighted by atomic mass is 10.3. The van der Waals surface area contributed by atoms with Crippen molar-refractivity contribution in [2.75, 3.05) is 5.73 Å². The maximum Gasteiger partial charge on any atom is 0.157 e. The number of anilines is 1. The Hall–Kier alpha value is -1.18. The van der Waals surface area contributed by atoms with Crippen LogP contribution in [0.15, 0.2) is 44.4 Å². The number of fused-ring (bicyclic) bond motifs is 1.